The van der Waals surface area contributed by atoms with Gasteiger partial charge in [0.15, 0.2) is 6.29 Å². The number of likely N-dealkylation sites (tertiary alicyclic amines) is 1. The molecular weight excluding hydrogens is 396 g/mol. The number of carbonyl (C=O) groups is 2. The number of amides is 2. The van der Waals surface area contributed by atoms with Gasteiger partial charge in [0.1, 0.15) is 24.4 Å². The van der Waals surface area contributed by atoms with Crippen LogP contribution >= 0.6 is 0 Å². The third-order valence-corrected chi connectivity index (χ3v) is 5.62. The Balaban J connectivity index is 1.71. The van der Waals surface area contributed by atoms with Crippen molar-refractivity contribution in [3.05, 3.63) is 0 Å². The second-order valence-corrected chi connectivity index (χ2v) is 7.95. The fraction of sp³-hybridized carbons (Fsp3) is 0.900. The van der Waals surface area contributed by atoms with Crippen molar-refractivity contribution in [2.75, 3.05) is 33.5 Å². The molecule has 6 atom stereocenters. The molecule has 0 aromatic carbocycles. The number of unbranched alkanes of at least 4 members (excludes halogenated alkanes) is 2. The van der Waals surface area contributed by atoms with Crippen molar-refractivity contribution < 1.29 is 39.1 Å². The second kappa shape index (κ2) is 12.5. The van der Waals surface area contributed by atoms with Gasteiger partial charge in [-0.05, 0) is 25.7 Å². The predicted octanol–water partition coefficient (Wildman–Crippen LogP) is -0.855. The summed E-state index contributed by atoms with van der Waals surface area (Å²) < 4.78 is 16.4. The van der Waals surface area contributed by atoms with Gasteiger partial charge in [-0.15, -0.1) is 0 Å². The summed E-state index contributed by atoms with van der Waals surface area (Å²) in [5.74, 6) is -0.238. The van der Waals surface area contributed by atoms with Crippen molar-refractivity contribution in [3.63, 3.8) is 0 Å². The summed E-state index contributed by atoms with van der Waals surface area (Å²) in [4.78, 5) is 25.7. The summed E-state index contributed by atoms with van der Waals surface area (Å²) in [5, 5.41) is 32.1. The Kier molecular flexibility index (Phi) is 10.4. The van der Waals surface area contributed by atoms with Crippen LogP contribution in [0.4, 0.5) is 0 Å². The first-order valence-electron chi connectivity index (χ1n) is 10.7. The van der Waals surface area contributed by atoms with Crippen molar-refractivity contribution >= 4 is 11.8 Å². The van der Waals surface area contributed by atoms with Crippen molar-refractivity contribution in [3.8, 4) is 0 Å². The van der Waals surface area contributed by atoms with Crippen LogP contribution < -0.4 is 5.32 Å². The third-order valence-electron chi connectivity index (χ3n) is 5.62. The van der Waals surface area contributed by atoms with Crippen LogP contribution in [0.5, 0.6) is 0 Å². The molecule has 30 heavy (non-hydrogen) atoms. The van der Waals surface area contributed by atoms with E-state index in [1.807, 2.05) is 4.90 Å². The summed E-state index contributed by atoms with van der Waals surface area (Å²) in [7, 11) is 1.65. The number of hydrogen-bond acceptors (Lipinski definition) is 8. The van der Waals surface area contributed by atoms with E-state index in [0.29, 0.717) is 26.1 Å². The molecule has 0 saturated carbocycles. The Morgan fingerprint density at radius 3 is 2.63 bits per heavy atom. The normalized spacial score (nSPS) is 31.7. The zero-order valence-electron chi connectivity index (χ0n) is 17.9. The van der Waals surface area contributed by atoms with E-state index >= 15 is 0 Å². The Labute approximate surface area is 177 Å². The van der Waals surface area contributed by atoms with Crippen molar-refractivity contribution in [1.29, 1.82) is 0 Å². The van der Waals surface area contributed by atoms with Crippen LogP contribution in [0.1, 0.15) is 45.4 Å². The molecule has 0 aromatic heterocycles. The van der Waals surface area contributed by atoms with E-state index in [2.05, 4.69) is 5.32 Å². The number of nitrogens with one attached hydrogen (secondary N) is 1. The maximum atomic E-state index is 12.4. The summed E-state index contributed by atoms with van der Waals surface area (Å²) in [6.07, 6.45) is 0.0438. The van der Waals surface area contributed by atoms with Crippen molar-refractivity contribution in [2.24, 2.45) is 0 Å². The first kappa shape index (κ1) is 25.0. The van der Waals surface area contributed by atoms with Crippen LogP contribution in [0.25, 0.3) is 0 Å². The molecule has 2 aliphatic rings. The zero-order valence-corrected chi connectivity index (χ0v) is 17.9. The summed E-state index contributed by atoms with van der Waals surface area (Å²) >= 11 is 0. The molecule has 2 amide bonds. The van der Waals surface area contributed by atoms with E-state index in [1.165, 1.54) is 6.92 Å². The number of carbonyl (C=O) groups excluding carboxylic acids is 2. The molecule has 10 nitrogen and oxygen atoms in total. The van der Waals surface area contributed by atoms with E-state index in [9.17, 15) is 24.9 Å². The molecule has 174 valence electrons. The summed E-state index contributed by atoms with van der Waals surface area (Å²) in [5.41, 5.74) is 0. The maximum Gasteiger partial charge on any atom is 0.222 e. The highest BCUT2D eigenvalue weighted by molar-refractivity contribution is 5.76. The number of ether oxygens (including phenoxy) is 3. The molecule has 2 saturated heterocycles. The number of aliphatic hydroxyl groups excluding tert-OH is 3. The van der Waals surface area contributed by atoms with E-state index in [-0.39, 0.29) is 11.9 Å². The Hall–Kier alpha value is -1.30. The molecule has 2 aliphatic heterocycles. The Bertz CT molecular complexity index is 549. The lowest BCUT2D eigenvalue weighted by Gasteiger charge is -2.42. The van der Waals surface area contributed by atoms with Gasteiger partial charge in [0.25, 0.3) is 0 Å². The SMILES string of the molecule is COC[C@@H]1CCCN1C(=O)CCCCCOC1OC(CO)C(O)C(O)C1NC(C)=O. The molecule has 4 N–H and O–H groups in total. The minimum absolute atomic E-state index is 0.153. The summed E-state index contributed by atoms with van der Waals surface area (Å²) in [6.45, 7) is 2.48. The number of rotatable bonds is 11. The average Bonchev–Trinajstić information content (AvgIpc) is 3.17. The third kappa shape index (κ3) is 6.86. The highest BCUT2D eigenvalue weighted by Gasteiger charge is 2.45. The van der Waals surface area contributed by atoms with Gasteiger partial charge in [0, 0.05) is 33.6 Å². The van der Waals surface area contributed by atoms with E-state index in [0.717, 1.165) is 32.2 Å². The fourth-order valence-corrected chi connectivity index (χ4v) is 4.04. The molecule has 5 unspecified atom stereocenters. The van der Waals surface area contributed by atoms with Crippen LogP contribution in [0.2, 0.25) is 0 Å². The van der Waals surface area contributed by atoms with Crippen LogP contribution in [-0.4, -0.2) is 102 Å². The Morgan fingerprint density at radius 2 is 1.97 bits per heavy atom. The molecule has 0 spiro atoms. The molecule has 0 radical (unpaired) electrons. The van der Waals surface area contributed by atoms with Gasteiger partial charge >= 0.3 is 0 Å². The lowest BCUT2D eigenvalue weighted by molar-refractivity contribution is -0.270. The topological polar surface area (TPSA) is 138 Å². The molecule has 10 heteroatoms. The number of nitrogens with zero attached hydrogens (tertiary/aromatic N) is 1. The van der Waals surface area contributed by atoms with Gasteiger partial charge in [0.2, 0.25) is 11.8 Å². The molecular formula is C20H36N2O8. The van der Waals surface area contributed by atoms with Gasteiger partial charge in [-0.1, -0.05) is 6.42 Å². The highest BCUT2D eigenvalue weighted by Crippen LogP contribution is 2.23. The lowest BCUT2D eigenvalue weighted by Crippen LogP contribution is -2.64. The first-order chi connectivity index (χ1) is 14.4. The van der Waals surface area contributed by atoms with Gasteiger partial charge in [-0.2, -0.15) is 0 Å². The number of aliphatic hydroxyl groups is 3. The van der Waals surface area contributed by atoms with E-state index in [4.69, 9.17) is 14.2 Å². The van der Waals surface area contributed by atoms with Gasteiger partial charge < -0.3 is 39.7 Å². The number of hydrogen-bond donors (Lipinski definition) is 4. The van der Waals surface area contributed by atoms with Gasteiger partial charge in [-0.25, -0.2) is 0 Å². The molecule has 0 bridgehead atoms. The van der Waals surface area contributed by atoms with Crippen LogP contribution in [0.3, 0.4) is 0 Å². The van der Waals surface area contributed by atoms with E-state index in [1.54, 1.807) is 7.11 Å². The number of methoxy groups -OCH3 is 1. The average molecular weight is 433 g/mol. The standard InChI is InChI=1S/C20H36N2O8/c1-13(24)21-17-19(27)18(26)15(11-23)30-20(17)29-10-5-3-4-8-16(25)22-9-6-7-14(22)12-28-2/h14-15,17-20,23,26-27H,3-12H2,1-2H3,(H,21,24)/t14-,15?,17?,18?,19?,20?/m0/s1. The molecule has 0 aromatic rings. The van der Waals surface area contributed by atoms with Crippen molar-refractivity contribution in [2.45, 2.75) is 82.1 Å². The van der Waals surface area contributed by atoms with E-state index < -0.39 is 43.2 Å². The molecule has 2 heterocycles. The van der Waals surface area contributed by atoms with Crippen LogP contribution in [-0.2, 0) is 23.8 Å². The van der Waals surface area contributed by atoms with Crippen LogP contribution in [0.15, 0.2) is 0 Å². The molecule has 0 aliphatic carbocycles. The van der Waals surface area contributed by atoms with Gasteiger partial charge in [0.05, 0.1) is 19.3 Å². The minimum atomic E-state index is -1.33. The smallest absolute Gasteiger partial charge is 0.222 e. The lowest BCUT2D eigenvalue weighted by atomic mass is 9.97. The summed E-state index contributed by atoms with van der Waals surface area (Å²) in [6, 6.07) is -0.754. The monoisotopic (exact) mass is 432 g/mol. The minimum Gasteiger partial charge on any atom is -0.394 e. The Morgan fingerprint density at radius 1 is 1.20 bits per heavy atom. The van der Waals surface area contributed by atoms with Gasteiger partial charge in [-0.3, -0.25) is 9.59 Å². The zero-order chi connectivity index (χ0) is 22.1. The molecule has 2 fully saturated rings. The largest absolute Gasteiger partial charge is 0.394 e. The van der Waals surface area contributed by atoms with Crippen molar-refractivity contribution in [1.82, 2.24) is 10.2 Å². The predicted molar refractivity (Wildman–Crippen MR) is 106 cm³/mol. The first-order valence-corrected chi connectivity index (χ1v) is 10.7. The maximum absolute atomic E-state index is 12.4. The van der Waals surface area contributed by atoms with Crippen LogP contribution in [0, 0.1) is 0 Å². The molecule has 2 rings (SSSR count). The quantitative estimate of drug-likeness (QED) is 0.310. The fourth-order valence-electron chi connectivity index (χ4n) is 4.04. The highest BCUT2D eigenvalue weighted by atomic mass is 16.7. The second-order valence-electron chi connectivity index (χ2n) is 7.95.